The van der Waals surface area contributed by atoms with E-state index in [4.69, 9.17) is 18.9 Å². The molecule has 6 nitrogen and oxygen atoms in total. The Morgan fingerprint density at radius 1 is 0.949 bits per heavy atom. The summed E-state index contributed by atoms with van der Waals surface area (Å²) in [6.07, 6.45) is 14.3. The molecule has 3 rings (SSSR count). The van der Waals surface area contributed by atoms with Gasteiger partial charge in [0.05, 0.1) is 29.8 Å². The number of benzene rings is 1. The molecule has 4 atom stereocenters. The second-order valence-corrected chi connectivity index (χ2v) is 11.1. The number of carbonyl (C=O) groups is 2. The molecule has 0 spiro atoms. The van der Waals surface area contributed by atoms with E-state index < -0.39 is 23.4 Å². The first-order valence-electron chi connectivity index (χ1n) is 14.0. The highest BCUT2D eigenvalue weighted by atomic mass is 16.7. The third-order valence-corrected chi connectivity index (χ3v) is 7.17. The topological polar surface area (TPSA) is 71.1 Å². The van der Waals surface area contributed by atoms with Crippen molar-refractivity contribution in [3.8, 4) is 0 Å². The Hall–Kier alpha value is -2.96. The molecule has 0 N–H and O–H groups in total. The number of esters is 2. The van der Waals surface area contributed by atoms with Gasteiger partial charge >= 0.3 is 11.9 Å². The second kappa shape index (κ2) is 13.9. The van der Waals surface area contributed by atoms with Gasteiger partial charge in [-0.05, 0) is 79.0 Å². The van der Waals surface area contributed by atoms with Gasteiger partial charge in [-0.25, -0.2) is 4.79 Å². The SMILES string of the molecule is CCOC(=O)[C@]1(C)C/C=C(C)/C=C/CC/C=C(C)/C=C/[C@@H](OC(=O)c2ccccc2)C[C@@H]2C[C@H]1OC(C)(C)O2. The maximum atomic E-state index is 13.3. The lowest BCUT2D eigenvalue weighted by Gasteiger charge is -2.46. The van der Waals surface area contributed by atoms with Crippen molar-refractivity contribution in [2.75, 3.05) is 6.61 Å². The zero-order valence-electron chi connectivity index (χ0n) is 24.3. The predicted molar refractivity (Wildman–Crippen MR) is 153 cm³/mol. The first kappa shape index (κ1) is 30.6. The van der Waals surface area contributed by atoms with Crippen molar-refractivity contribution in [3.63, 3.8) is 0 Å². The van der Waals surface area contributed by atoms with E-state index in [1.54, 1.807) is 12.1 Å². The molecule has 1 fully saturated rings. The molecule has 0 aromatic heterocycles. The number of fused-ring (bicyclic) bond motifs is 2. The van der Waals surface area contributed by atoms with Gasteiger partial charge in [0, 0.05) is 12.8 Å². The minimum Gasteiger partial charge on any atom is -0.465 e. The van der Waals surface area contributed by atoms with Crippen molar-refractivity contribution < 1.29 is 28.5 Å². The maximum absolute atomic E-state index is 13.3. The summed E-state index contributed by atoms with van der Waals surface area (Å²) in [6.45, 7) is 11.8. The molecule has 1 aromatic rings. The molecule has 2 aliphatic rings. The Morgan fingerprint density at radius 2 is 1.67 bits per heavy atom. The van der Waals surface area contributed by atoms with Crippen molar-refractivity contribution in [2.45, 2.75) is 97.7 Å². The smallest absolute Gasteiger partial charge is 0.338 e. The van der Waals surface area contributed by atoms with E-state index in [0.717, 1.165) is 24.0 Å². The predicted octanol–water partition coefficient (Wildman–Crippen LogP) is 7.27. The largest absolute Gasteiger partial charge is 0.465 e. The number of carbonyl (C=O) groups excluding carboxylic acids is 2. The van der Waals surface area contributed by atoms with Crippen LogP contribution in [0.3, 0.4) is 0 Å². The molecule has 2 bridgehead atoms. The molecule has 0 radical (unpaired) electrons. The first-order valence-corrected chi connectivity index (χ1v) is 14.0. The highest BCUT2D eigenvalue weighted by molar-refractivity contribution is 5.89. The Labute approximate surface area is 233 Å². The molecule has 0 unspecified atom stereocenters. The van der Waals surface area contributed by atoms with Crippen LogP contribution < -0.4 is 0 Å². The number of ether oxygens (including phenoxy) is 4. The lowest BCUT2D eigenvalue weighted by atomic mass is 9.76. The Kier molecular flexibility index (Phi) is 10.9. The molecule has 1 aromatic carbocycles. The average molecular weight is 537 g/mol. The highest BCUT2D eigenvalue weighted by Crippen LogP contribution is 2.41. The lowest BCUT2D eigenvalue weighted by molar-refractivity contribution is -0.318. The Bertz CT molecular complexity index is 1100. The van der Waals surface area contributed by atoms with E-state index >= 15 is 0 Å². The van der Waals surface area contributed by atoms with Crippen molar-refractivity contribution >= 4 is 11.9 Å². The summed E-state index contributed by atoms with van der Waals surface area (Å²) in [5.74, 6) is -1.61. The minimum absolute atomic E-state index is 0.288. The summed E-state index contributed by atoms with van der Waals surface area (Å²) in [5, 5.41) is 0. The van der Waals surface area contributed by atoms with E-state index in [-0.39, 0.29) is 18.0 Å². The summed E-state index contributed by atoms with van der Waals surface area (Å²) in [7, 11) is 0. The Morgan fingerprint density at radius 3 is 2.38 bits per heavy atom. The van der Waals surface area contributed by atoms with E-state index in [1.807, 2.05) is 71.9 Å². The number of allylic oxidation sites excluding steroid dienone is 7. The lowest BCUT2D eigenvalue weighted by Crippen LogP contribution is -2.54. The summed E-state index contributed by atoms with van der Waals surface area (Å²) in [4.78, 5) is 26.3. The van der Waals surface area contributed by atoms with E-state index in [1.165, 1.54) is 0 Å². The van der Waals surface area contributed by atoms with Gasteiger partial charge in [-0.3, -0.25) is 4.79 Å². The Balaban J connectivity index is 1.97. The fraction of sp³-hybridized carbons (Fsp3) is 0.515. The summed E-state index contributed by atoms with van der Waals surface area (Å²) in [5.41, 5.74) is 1.77. The normalized spacial score (nSPS) is 32.3. The van der Waals surface area contributed by atoms with Crippen molar-refractivity contribution in [1.82, 2.24) is 0 Å². The summed E-state index contributed by atoms with van der Waals surface area (Å²) < 4.78 is 24.2. The molecule has 1 saturated heterocycles. The fourth-order valence-corrected chi connectivity index (χ4v) is 4.93. The average Bonchev–Trinajstić information content (AvgIpc) is 2.89. The molecule has 6 heteroatoms. The summed E-state index contributed by atoms with van der Waals surface area (Å²) >= 11 is 0. The number of hydrogen-bond acceptors (Lipinski definition) is 6. The fourth-order valence-electron chi connectivity index (χ4n) is 4.93. The van der Waals surface area contributed by atoms with Gasteiger partial charge < -0.3 is 18.9 Å². The maximum Gasteiger partial charge on any atom is 0.338 e. The van der Waals surface area contributed by atoms with Crippen LogP contribution in [0.25, 0.3) is 0 Å². The van der Waals surface area contributed by atoms with Crippen LogP contribution in [0.4, 0.5) is 0 Å². The van der Waals surface area contributed by atoms with Crippen LogP contribution >= 0.6 is 0 Å². The van der Waals surface area contributed by atoms with Gasteiger partial charge in [0.15, 0.2) is 5.79 Å². The van der Waals surface area contributed by atoms with Crippen molar-refractivity contribution in [2.24, 2.45) is 5.41 Å². The van der Waals surface area contributed by atoms with Gasteiger partial charge in [-0.15, -0.1) is 0 Å². The standard InChI is InChI=1S/C33H44O6/c1-7-36-31(35)33(6)21-20-25(3)15-11-8-10-14-24(2)18-19-27(37-30(34)26-16-12-9-13-17-26)22-28-23-29(33)39-32(4,5)38-28/h9,11-20,27-29H,7-8,10,21-23H2,1-6H3/b15-11+,19-18+,24-14+,25-20+/t27-,28-,29-,33-/m1/s1. The molecule has 39 heavy (non-hydrogen) atoms. The van der Waals surface area contributed by atoms with E-state index in [2.05, 4.69) is 24.3 Å². The van der Waals surface area contributed by atoms with Crippen LogP contribution in [0.5, 0.6) is 0 Å². The van der Waals surface area contributed by atoms with Gasteiger partial charge in [-0.2, -0.15) is 0 Å². The monoisotopic (exact) mass is 536 g/mol. The minimum atomic E-state index is -0.934. The summed E-state index contributed by atoms with van der Waals surface area (Å²) in [6, 6.07) is 8.98. The van der Waals surface area contributed by atoms with Crippen LogP contribution in [0.15, 0.2) is 77.9 Å². The van der Waals surface area contributed by atoms with Gasteiger partial charge in [-0.1, -0.05) is 59.7 Å². The quantitative estimate of drug-likeness (QED) is 0.377. The molecular formula is C33H44O6. The van der Waals surface area contributed by atoms with E-state index in [9.17, 15) is 9.59 Å². The second-order valence-electron chi connectivity index (χ2n) is 11.1. The van der Waals surface area contributed by atoms with Crippen LogP contribution in [0, 0.1) is 5.41 Å². The zero-order chi connectivity index (χ0) is 28.5. The molecule has 1 heterocycles. The van der Waals surface area contributed by atoms with Crippen LogP contribution in [-0.4, -0.2) is 42.6 Å². The van der Waals surface area contributed by atoms with Crippen LogP contribution in [0.2, 0.25) is 0 Å². The van der Waals surface area contributed by atoms with Crippen molar-refractivity contribution in [1.29, 1.82) is 0 Å². The first-order chi connectivity index (χ1) is 18.5. The molecule has 1 aliphatic heterocycles. The van der Waals surface area contributed by atoms with E-state index in [0.29, 0.717) is 31.4 Å². The molecular weight excluding hydrogens is 492 g/mol. The third kappa shape index (κ3) is 9.04. The van der Waals surface area contributed by atoms with Crippen LogP contribution in [0.1, 0.15) is 84.0 Å². The van der Waals surface area contributed by atoms with Gasteiger partial charge in [0.25, 0.3) is 0 Å². The number of hydrogen-bond donors (Lipinski definition) is 0. The van der Waals surface area contributed by atoms with Gasteiger partial charge in [0.2, 0.25) is 0 Å². The molecule has 0 amide bonds. The molecule has 1 aliphatic carbocycles. The molecule has 0 saturated carbocycles. The van der Waals surface area contributed by atoms with Gasteiger partial charge in [0.1, 0.15) is 6.10 Å². The van der Waals surface area contributed by atoms with Crippen molar-refractivity contribution in [3.05, 3.63) is 83.5 Å². The van der Waals surface area contributed by atoms with Crippen LogP contribution in [-0.2, 0) is 23.7 Å². The highest BCUT2D eigenvalue weighted by Gasteiger charge is 2.49. The zero-order valence-corrected chi connectivity index (χ0v) is 24.3. The number of rotatable bonds is 4. The third-order valence-electron chi connectivity index (χ3n) is 7.17. The molecule has 212 valence electrons.